The molecule has 59 heavy (non-hydrogen) atoms. The second-order valence-electron chi connectivity index (χ2n) is 15.3. The van der Waals surface area contributed by atoms with Crippen molar-refractivity contribution in [1.29, 1.82) is 0 Å². The summed E-state index contributed by atoms with van der Waals surface area (Å²) in [4.78, 5) is 2.38. The maximum Gasteiger partial charge on any atom is 0.136 e. The van der Waals surface area contributed by atoms with E-state index in [1.807, 2.05) is 12.1 Å². The van der Waals surface area contributed by atoms with Crippen molar-refractivity contribution in [1.82, 2.24) is 4.57 Å². The Morgan fingerprint density at radius 2 is 0.949 bits per heavy atom. The standard InChI is InChI=1S/C56H36N2O/c1-2-17-46-38(12-1)26-27-41-34-39(30-33-47(41)46)37-28-31-42(32-29-37)57(43-14-9-13-40(35-43)48-21-11-25-55-56(48)51-20-5-8-24-54(51)59-55)44-15-10-16-45(36-44)58-52-22-6-3-18-49(52)50-19-4-7-23-53(50)58/h1-36H. The average molecular weight is 753 g/mol. The van der Waals surface area contributed by atoms with Gasteiger partial charge in [-0.3, -0.25) is 0 Å². The van der Waals surface area contributed by atoms with Crippen molar-refractivity contribution in [3.63, 3.8) is 0 Å². The van der Waals surface area contributed by atoms with Gasteiger partial charge in [-0.05, 0) is 117 Å². The number of aromatic nitrogens is 1. The van der Waals surface area contributed by atoms with Crippen molar-refractivity contribution in [2.24, 2.45) is 0 Å². The van der Waals surface area contributed by atoms with Crippen LogP contribution in [0.2, 0.25) is 0 Å². The Morgan fingerprint density at radius 1 is 0.339 bits per heavy atom. The van der Waals surface area contributed by atoms with Crippen LogP contribution in [-0.2, 0) is 0 Å². The van der Waals surface area contributed by atoms with Crippen LogP contribution in [0, 0.1) is 0 Å². The van der Waals surface area contributed by atoms with Gasteiger partial charge in [0.05, 0.1) is 11.0 Å². The molecule has 0 saturated heterocycles. The zero-order valence-corrected chi connectivity index (χ0v) is 32.1. The third-order valence-electron chi connectivity index (χ3n) is 11.9. The summed E-state index contributed by atoms with van der Waals surface area (Å²) in [5.41, 5.74) is 13.1. The number of nitrogens with zero attached hydrogens (tertiary/aromatic N) is 2. The van der Waals surface area contributed by atoms with Gasteiger partial charge in [-0.1, -0.05) is 146 Å². The van der Waals surface area contributed by atoms with E-state index in [2.05, 4.69) is 216 Å². The van der Waals surface area contributed by atoms with Gasteiger partial charge in [0.1, 0.15) is 11.2 Å². The molecule has 0 atom stereocenters. The predicted molar refractivity (Wildman–Crippen MR) is 249 cm³/mol. The molecular formula is C56H36N2O. The third kappa shape index (κ3) is 5.44. The molecule has 10 aromatic carbocycles. The Balaban J connectivity index is 1.01. The minimum Gasteiger partial charge on any atom is -0.456 e. The quantitative estimate of drug-likeness (QED) is 0.158. The second-order valence-corrected chi connectivity index (χ2v) is 15.3. The van der Waals surface area contributed by atoms with Crippen LogP contribution in [0.5, 0.6) is 0 Å². The molecule has 0 saturated carbocycles. The molecule has 0 aliphatic heterocycles. The highest BCUT2D eigenvalue weighted by atomic mass is 16.3. The van der Waals surface area contributed by atoms with Crippen LogP contribution in [0.1, 0.15) is 0 Å². The van der Waals surface area contributed by atoms with Gasteiger partial charge in [-0.25, -0.2) is 0 Å². The highest BCUT2D eigenvalue weighted by Gasteiger charge is 2.19. The maximum absolute atomic E-state index is 6.32. The van der Waals surface area contributed by atoms with E-state index in [9.17, 15) is 0 Å². The van der Waals surface area contributed by atoms with Gasteiger partial charge in [0.15, 0.2) is 0 Å². The van der Waals surface area contributed by atoms with E-state index in [4.69, 9.17) is 4.42 Å². The van der Waals surface area contributed by atoms with Gasteiger partial charge in [0.2, 0.25) is 0 Å². The van der Waals surface area contributed by atoms with Gasteiger partial charge in [-0.2, -0.15) is 0 Å². The SMILES string of the molecule is c1cc(-c2cccc3oc4ccccc4c23)cc(N(c2ccc(-c3ccc4c(ccc5ccccc54)c3)cc2)c2cccc(-n3c4ccccc4c4ccccc43)c2)c1. The topological polar surface area (TPSA) is 21.3 Å². The van der Waals surface area contributed by atoms with Crippen LogP contribution < -0.4 is 4.90 Å². The molecule has 3 heteroatoms. The molecular weight excluding hydrogens is 717 g/mol. The van der Waals surface area contributed by atoms with Crippen molar-refractivity contribution in [2.45, 2.75) is 0 Å². The summed E-state index contributed by atoms with van der Waals surface area (Å²) >= 11 is 0. The highest BCUT2D eigenvalue weighted by Crippen LogP contribution is 2.42. The Labute approximate surface area is 341 Å². The fourth-order valence-electron chi connectivity index (χ4n) is 9.24. The van der Waals surface area contributed by atoms with E-state index in [0.29, 0.717) is 0 Å². The summed E-state index contributed by atoms with van der Waals surface area (Å²) in [7, 11) is 0. The largest absolute Gasteiger partial charge is 0.456 e. The highest BCUT2D eigenvalue weighted by molar-refractivity contribution is 6.13. The number of rotatable bonds is 6. The molecule has 0 bridgehead atoms. The number of fused-ring (bicyclic) bond motifs is 9. The van der Waals surface area contributed by atoms with Crippen LogP contribution in [-0.4, -0.2) is 4.57 Å². The molecule has 12 aromatic rings. The molecule has 0 N–H and O–H groups in total. The Kier molecular flexibility index (Phi) is 7.54. The first kappa shape index (κ1) is 33.3. The molecule has 0 unspecified atom stereocenters. The van der Waals surface area contributed by atoms with Crippen LogP contribution in [0.15, 0.2) is 223 Å². The molecule has 0 amide bonds. The zero-order valence-electron chi connectivity index (χ0n) is 32.1. The summed E-state index contributed by atoms with van der Waals surface area (Å²) in [6.07, 6.45) is 0. The van der Waals surface area contributed by atoms with Gasteiger partial charge in [0, 0.05) is 44.3 Å². The lowest BCUT2D eigenvalue weighted by molar-refractivity contribution is 0.669. The summed E-state index contributed by atoms with van der Waals surface area (Å²) < 4.78 is 8.71. The zero-order chi connectivity index (χ0) is 38.9. The molecule has 2 aromatic heterocycles. The van der Waals surface area contributed by atoms with Crippen LogP contribution >= 0.6 is 0 Å². The number of anilines is 3. The fraction of sp³-hybridized carbons (Fsp3) is 0. The summed E-state index contributed by atoms with van der Waals surface area (Å²) in [5.74, 6) is 0. The minimum absolute atomic E-state index is 0.891. The van der Waals surface area contributed by atoms with E-state index in [1.165, 1.54) is 54.5 Å². The van der Waals surface area contributed by atoms with Gasteiger partial charge in [-0.15, -0.1) is 0 Å². The molecule has 0 fully saturated rings. The monoisotopic (exact) mass is 752 g/mol. The summed E-state index contributed by atoms with van der Waals surface area (Å²) in [6, 6.07) is 78.8. The molecule has 0 spiro atoms. The Morgan fingerprint density at radius 3 is 1.76 bits per heavy atom. The lowest BCUT2D eigenvalue weighted by atomic mass is 9.97. The van der Waals surface area contributed by atoms with E-state index in [0.717, 1.165) is 55.8 Å². The first-order valence-electron chi connectivity index (χ1n) is 20.2. The summed E-state index contributed by atoms with van der Waals surface area (Å²) in [5, 5.41) is 9.81. The van der Waals surface area contributed by atoms with Crippen molar-refractivity contribution in [2.75, 3.05) is 4.90 Å². The predicted octanol–water partition coefficient (Wildman–Crippen LogP) is 15.8. The lowest BCUT2D eigenvalue weighted by Crippen LogP contribution is -2.10. The minimum atomic E-state index is 0.891. The molecule has 0 aliphatic rings. The van der Waals surface area contributed by atoms with Gasteiger partial charge in [0.25, 0.3) is 0 Å². The molecule has 12 rings (SSSR count). The van der Waals surface area contributed by atoms with Crippen molar-refractivity contribution in [3.05, 3.63) is 218 Å². The fourth-order valence-corrected chi connectivity index (χ4v) is 9.24. The van der Waals surface area contributed by atoms with E-state index < -0.39 is 0 Å². The maximum atomic E-state index is 6.32. The van der Waals surface area contributed by atoms with Crippen LogP contribution in [0.3, 0.4) is 0 Å². The van der Waals surface area contributed by atoms with E-state index in [1.54, 1.807) is 0 Å². The van der Waals surface area contributed by atoms with Gasteiger partial charge < -0.3 is 13.9 Å². The normalized spacial score (nSPS) is 11.7. The average Bonchev–Trinajstić information content (AvgIpc) is 3.86. The van der Waals surface area contributed by atoms with Crippen molar-refractivity contribution < 1.29 is 4.42 Å². The van der Waals surface area contributed by atoms with Crippen LogP contribution in [0.4, 0.5) is 17.1 Å². The molecule has 3 nitrogen and oxygen atoms in total. The number of para-hydroxylation sites is 3. The second kappa shape index (κ2) is 13.4. The Hall–Kier alpha value is -7.88. The number of furan rings is 1. The van der Waals surface area contributed by atoms with E-state index >= 15 is 0 Å². The first-order valence-corrected chi connectivity index (χ1v) is 20.2. The lowest BCUT2D eigenvalue weighted by Gasteiger charge is -2.27. The molecule has 0 radical (unpaired) electrons. The smallest absolute Gasteiger partial charge is 0.136 e. The molecule has 276 valence electrons. The first-order chi connectivity index (χ1) is 29.2. The van der Waals surface area contributed by atoms with Crippen LogP contribution in [0.25, 0.3) is 93.2 Å². The van der Waals surface area contributed by atoms with Gasteiger partial charge >= 0.3 is 0 Å². The van der Waals surface area contributed by atoms with E-state index in [-0.39, 0.29) is 0 Å². The third-order valence-corrected chi connectivity index (χ3v) is 11.9. The number of benzene rings is 10. The number of hydrogen-bond donors (Lipinski definition) is 0. The Bertz CT molecular complexity index is 3520. The number of hydrogen-bond acceptors (Lipinski definition) is 2. The molecule has 2 heterocycles. The van der Waals surface area contributed by atoms with Crippen molar-refractivity contribution >= 4 is 82.4 Å². The molecule has 0 aliphatic carbocycles. The van der Waals surface area contributed by atoms with Crippen molar-refractivity contribution in [3.8, 4) is 27.9 Å². The summed E-state index contributed by atoms with van der Waals surface area (Å²) in [6.45, 7) is 0.